The molecular weight excluding hydrogens is 270 g/mol. The molecule has 3 aromatic carbocycles. The number of carbonyl (C=O) groups excluding carboxylic acids is 1. The highest BCUT2D eigenvalue weighted by Gasteiger charge is 2.12. The monoisotopic (exact) mass is 282 g/mol. The van der Waals surface area contributed by atoms with E-state index < -0.39 is 11.6 Å². The lowest BCUT2D eigenvalue weighted by molar-refractivity contribution is 0.0994. The lowest BCUT2D eigenvalue weighted by Gasteiger charge is -2.06. The summed E-state index contributed by atoms with van der Waals surface area (Å²) >= 11 is 0. The minimum atomic E-state index is -0.671. The average Bonchev–Trinajstić information content (AvgIpc) is 2.45. The number of hydrogen-bond acceptors (Lipinski definition) is 1. The molecule has 0 aliphatic heterocycles. The molecule has 0 saturated carbocycles. The summed E-state index contributed by atoms with van der Waals surface area (Å²) in [7, 11) is 0. The van der Waals surface area contributed by atoms with E-state index in [9.17, 15) is 13.6 Å². The second-order valence-corrected chi connectivity index (χ2v) is 4.90. The Balaban J connectivity index is 1.97. The third-order valence-corrected chi connectivity index (χ3v) is 3.38. The SMILES string of the molecule is O=C(Cc1cc(F)cc(F)c1)c1cccc2ccccc12. The summed E-state index contributed by atoms with van der Waals surface area (Å²) in [5, 5.41) is 1.82. The molecule has 0 radical (unpaired) electrons. The largest absolute Gasteiger partial charge is 0.294 e. The Morgan fingerprint density at radius 3 is 2.29 bits per heavy atom. The average molecular weight is 282 g/mol. The van der Waals surface area contributed by atoms with Crippen LogP contribution in [0.5, 0.6) is 0 Å². The highest BCUT2D eigenvalue weighted by Crippen LogP contribution is 2.20. The molecule has 104 valence electrons. The Hall–Kier alpha value is -2.55. The predicted molar refractivity (Wildman–Crippen MR) is 78.3 cm³/mol. The van der Waals surface area contributed by atoms with E-state index in [0.717, 1.165) is 16.8 Å². The Labute approximate surface area is 120 Å². The van der Waals surface area contributed by atoms with E-state index in [-0.39, 0.29) is 12.2 Å². The molecule has 0 unspecified atom stereocenters. The van der Waals surface area contributed by atoms with Gasteiger partial charge >= 0.3 is 0 Å². The van der Waals surface area contributed by atoms with Crippen LogP contribution in [0.3, 0.4) is 0 Å². The van der Waals surface area contributed by atoms with Gasteiger partial charge in [-0.3, -0.25) is 4.79 Å². The highest BCUT2D eigenvalue weighted by atomic mass is 19.1. The molecule has 3 rings (SSSR count). The van der Waals surface area contributed by atoms with Gasteiger partial charge in [-0.2, -0.15) is 0 Å². The zero-order valence-corrected chi connectivity index (χ0v) is 11.1. The summed E-state index contributed by atoms with van der Waals surface area (Å²) in [4.78, 5) is 12.4. The van der Waals surface area contributed by atoms with Crippen molar-refractivity contribution in [1.82, 2.24) is 0 Å². The summed E-state index contributed by atoms with van der Waals surface area (Å²) < 4.78 is 26.4. The maximum Gasteiger partial charge on any atom is 0.167 e. The summed E-state index contributed by atoms with van der Waals surface area (Å²) in [6.45, 7) is 0. The van der Waals surface area contributed by atoms with Crippen molar-refractivity contribution in [3.63, 3.8) is 0 Å². The maximum absolute atomic E-state index is 13.2. The maximum atomic E-state index is 13.2. The van der Waals surface area contributed by atoms with Gasteiger partial charge in [-0.05, 0) is 28.5 Å². The molecule has 0 aromatic heterocycles. The van der Waals surface area contributed by atoms with Crippen LogP contribution in [-0.4, -0.2) is 5.78 Å². The van der Waals surface area contributed by atoms with E-state index in [2.05, 4.69) is 0 Å². The molecule has 0 atom stereocenters. The minimum absolute atomic E-state index is 0.0251. The van der Waals surface area contributed by atoms with Crippen LogP contribution >= 0.6 is 0 Å². The second-order valence-electron chi connectivity index (χ2n) is 4.90. The van der Waals surface area contributed by atoms with Gasteiger partial charge < -0.3 is 0 Å². The normalized spacial score (nSPS) is 10.8. The second kappa shape index (κ2) is 5.44. The summed E-state index contributed by atoms with van der Waals surface area (Å²) in [5.74, 6) is -1.50. The van der Waals surface area contributed by atoms with Crippen molar-refractivity contribution in [1.29, 1.82) is 0 Å². The Bertz CT molecular complexity index is 799. The molecule has 0 N–H and O–H groups in total. The van der Waals surface area contributed by atoms with Gasteiger partial charge in [-0.25, -0.2) is 8.78 Å². The Morgan fingerprint density at radius 1 is 0.857 bits per heavy atom. The first-order chi connectivity index (χ1) is 10.1. The fraction of sp³-hybridized carbons (Fsp3) is 0.0556. The van der Waals surface area contributed by atoms with Crippen LogP contribution in [0, 0.1) is 11.6 Å². The number of carbonyl (C=O) groups is 1. The molecular formula is C18H12F2O. The molecule has 3 aromatic rings. The molecule has 1 nitrogen and oxygen atoms in total. The fourth-order valence-electron chi connectivity index (χ4n) is 2.46. The fourth-order valence-corrected chi connectivity index (χ4v) is 2.46. The van der Waals surface area contributed by atoms with Gasteiger partial charge in [0, 0.05) is 18.1 Å². The van der Waals surface area contributed by atoms with Crippen LogP contribution in [0.15, 0.2) is 60.7 Å². The number of fused-ring (bicyclic) bond motifs is 1. The van der Waals surface area contributed by atoms with Crippen LogP contribution in [0.1, 0.15) is 15.9 Å². The lowest BCUT2D eigenvalue weighted by Crippen LogP contribution is -2.05. The third kappa shape index (κ3) is 2.82. The molecule has 0 bridgehead atoms. The Morgan fingerprint density at radius 2 is 1.52 bits per heavy atom. The molecule has 0 spiro atoms. The first kappa shape index (κ1) is 13.4. The Kier molecular flexibility index (Phi) is 3.48. The quantitative estimate of drug-likeness (QED) is 0.644. The van der Waals surface area contributed by atoms with Crippen molar-refractivity contribution in [2.75, 3.05) is 0 Å². The minimum Gasteiger partial charge on any atom is -0.294 e. The number of hydrogen-bond donors (Lipinski definition) is 0. The number of halogens is 2. The van der Waals surface area contributed by atoms with E-state index in [1.165, 1.54) is 12.1 Å². The van der Waals surface area contributed by atoms with Gasteiger partial charge in [0.1, 0.15) is 11.6 Å². The number of rotatable bonds is 3. The van der Waals surface area contributed by atoms with Crippen LogP contribution in [0.2, 0.25) is 0 Å². The molecule has 0 saturated heterocycles. The van der Waals surface area contributed by atoms with E-state index >= 15 is 0 Å². The molecule has 0 aliphatic carbocycles. The van der Waals surface area contributed by atoms with Crippen molar-refractivity contribution in [3.05, 3.63) is 83.4 Å². The number of Topliss-reactive ketones (excluding diaryl/α,β-unsaturated/α-hetero) is 1. The zero-order chi connectivity index (χ0) is 14.8. The van der Waals surface area contributed by atoms with Gasteiger partial charge in [-0.15, -0.1) is 0 Å². The topological polar surface area (TPSA) is 17.1 Å². The molecule has 0 aliphatic rings. The van der Waals surface area contributed by atoms with E-state index in [1.54, 1.807) is 6.07 Å². The van der Waals surface area contributed by atoms with Crippen molar-refractivity contribution in [2.45, 2.75) is 6.42 Å². The van der Waals surface area contributed by atoms with E-state index in [1.807, 2.05) is 36.4 Å². The van der Waals surface area contributed by atoms with Crippen LogP contribution in [0.25, 0.3) is 10.8 Å². The van der Waals surface area contributed by atoms with Gasteiger partial charge in [0.05, 0.1) is 0 Å². The molecule has 3 heteroatoms. The molecule has 0 amide bonds. The zero-order valence-electron chi connectivity index (χ0n) is 11.1. The predicted octanol–water partition coefficient (Wildman–Crippen LogP) is 4.54. The van der Waals surface area contributed by atoms with Crippen molar-refractivity contribution in [2.24, 2.45) is 0 Å². The van der Waals surface area contributed by atoms with Gasteiger partial charge in [0.2, 0.25) is 0 Å². The summed E-state index contributed by atoms with van der Waals surface area (Å²) in [6.07, 6.45) is -0.0251. The van der Waals surface area contributed by atoms with Crippen molar-refractivity contribution < 1.29 is 13.6 Å². The standard InChI is InChI=1S/C18H12F2O/c19-14-8-12(9-15(20)11-14)10-18(21)17-7-3-5-13-4-1-2-6-16(13)17/h1-9,11H,10H2. The van der Waals surface area contributed by atoms with Gasteiger partial charge in [-0.1, -0.05) is 42.5 Å². The highest BCUT2D eigenvalue weighted by molar-refractivity contribution is 6.08. The van der Waals surface area contributed by atoms with Crippen molar-refractivity contribution in [3.8, 4) is 0 Å². The smallest absolute Gasteiger partial charge is 0.167 e. The third-order valence-electron chi connectivity index (χ3n) is 3.38. The van der Waals surface area contributed by atoms with Crippen LogP contribution < -0.4 is 0 Å². The number of ketones is 1. The van der Waals surface area contributed by atoms with Crippen LogP contribution in [0.4, 0.5) is 8.78 Å². The first-order valence-corrected chi connectivity index (χ1v) is 6.59. The molecule has 21 heavy (non-hydrogen) atoms. The number of benzene rings is 3. The molecule has 0 fully saturated rings. The van der Waals surface area contributed by atoms with Gasteiger partial charge in [0.25, 0.3) is 0 Å². The first-order valence-electron chi connectivity index (χ1n) is 6.59. The van der Waals surface area contributed by atoms with Gasteiger partial charge in [0.15, 0.2) is 5.78 Å². The van der Waals surface area contributed by atoms with E-state index in [0.29, 0.717) is 11.1 Å². The van der Waals surface area contributed by atoms with E-state index in [4.69, 9.17) is 0 Å². The molecule has 0 heterocycles. The lowest BCUT2D eigenvalue weighted by atomic mass is 9.97. The van der Waals surface area contributed by atoms with Crippen LogP contribution in [-0.2, 0) is 6.42 Å². The van der Waals surface area contributed by atoms with Crippen molar-refractivity contribution >= 4 is 16.6 Å². The summed E-state index contributed by atoms with van der Waals surface area (Å²) in [6, 6.07) is 16.2. The summed E-state index contributed by atoms with van der Waals surface area (Å²) in [5.41, 5.74) is 0.906.